The van der Waals surface area contributed by atoms with Gasteiger partial charge in [0.05, 0.1) is 18.1 Å². The van der Waals surface area contributed by atoms with Crippen LogP contribution in [0.4, 0.5) is 0 Å². The minimum absolute atomic E-state index is 0.269. The van der Waals surface area contributed by atoms with Crippen LogP contribution in [0.15, 0.2) is 30.3 Å². The summed E-state index contributed by atoms with van der Waals surface area (Å²) < 4.78 is 5.54. The lowest BCUT2D eigenvalue weighted by Crippen LogP contribution is -2.29. The average Bonchev–Trinajstić information content (AvgIpc) is 2.70. The van der Waals surface area contributed by atoms with Crippen LogP contribution in [-0.4, -0.2) is 28.4 Å². The van der Waals surface area contributed by atoms with Gasteiger partial charge in [0.2, 0.25) is 0 Å². The van der Waals surface area contributed by atoms with Gasteiger partial charge in [-0.25, -0.2) is 0 Å². The van der Waals surface area contributed by atoms with Crippen molar-refractivity contribution in [1.82, 2.24) is 0 Å². The highest BCUT2D eigenvalue weighted by atomic mass is 16.6. The molecule has 1 unspecified atom stereocenters. The van der Waals surface area contributed by atoms with Crippen molar-refractivity contribution in [3.05, 3.63) is 35.9 Å². The fourth-order valence-electron chi connectivity index (χ4n) is 2.42. The second kappa shape index (κ2) is 5.31. The maximum absolute atomic E-state index is 12.1. The van der Waals surface area contributed by atoms with Gasteiger partial charge in [0.1, 0.15) is 5.60 Å². The Hall–Kier alpha value is -1.39. The second-order valence-electron chi connectivity index (χ2n) is 5.60. The molecule has 19 heavy (non-hydrogen) atoms. The molecule has 0 amide bonds. The molecule has 0 spiro atoms. The van der Waals surface area contributed by atoms with Crippen LogP contribution in [-0.2, 0) is 15.1 Å². The lowest BCUT2D eigenvalue weighted by atomic mass is 9.97. The molecule has 0 aliphatic heterocycles. The van der Waals surface area contributed by atoms with E-state index in [9.17, 15) is 15.0 Å². The number of carbonyl (C=O) groups excluding carboxylic acids is 1. The first-order chi connectivity index (χ1) is 8.90. The van der Waals surface area contributed by atoms with Crippen molar-refractivity contribution in [3.8, 4) is 0 Å². The highest BCUT2D eigenvalue weighted by Crippen LogP contribution is 2.31. The molecular formula is C15H20O4. The van der Waals surface area contributed by atoms with Crippen LogP contribution in [0.25, 0.3) is 0 Å². The Morgan fingerprint density at radius 1 is 1.16 bits per heavy atom. The van der Waals surface area contributed by atoms with E-state index in [0.29, 0.717) is 0 Å². The minimum Gasteiger partial charge on any atom is -0.455 e. The number of rotatable bonds is 3. The van der Waals surface area contributed by atoms with Crippen LogP contribution in [0.3, 0.4) is 0 Å². The predicted octanol–water partition coefficient (Wildman–Crippen LogP) is 1.60. The topological polar surface area (TPSA) is 66.8 Å². The molecule has 0 radical (unpaired) electrons. The third-order valence-electron chi connectivity index (χ3n) is 3.65. The van der Waals surface area contributed by atoms with Crippen LogP contribution in [0.5, 0.6) is 0 Å². The Kier molecular flexibility index (Phi) is 3.92. The summed E-state index contributed by atoms with van der Waals surface area (Å²) in [6.45, 7) is 3.67. The van der Waals surface area contributed by atoms with Crippen LogP contribution in [0, 0.1) is 5.92 Å². The maximum atomic E-state index is 12.1. The van der Waals surface area contributed by atoms with E-state index in [1.165, 1.54) is 0 Å². The molecule has 104 valence electrons. The van der Waals surface area contributed by atoms with E-state index in [1.807, 2.05) is 44.2 Å². The quantitative estimate of drug-likeness (QED) is 0.814. The molecule has 0 saturated heterocycles. The lowest BCUT2D eigenvalue weighted by Gasteiger charge is -2.27. The Morgan fingerprint density at radius 3 is 2.21 bits per heavy atom. The van der Waals surface area contributed by atoms with Gasteiger partial charge in [0.25, 0.3) is 0 Å². The summed E-state index contributed by atoms with van der Waals surface area (Å²) in [7, 11) is 0. The number of benzene rings is 1. The monoisotopic (exact) mass is 264 g/mol. The summed E-state index contributed by atoms with van der Waals surface area (Å²) >= 11 is 0. The number of aliphatic hydroxyl groups is 2. The van der Waals surface area contributed by atoms with Crippen LogP contribution in [0.1, 0.15) is 32.3 Å². The molecule has 2 rings (SSSR count). The zero-order valence-electron chi connectivity index (χ0n) is 11.2. The number of carbonyl (C=O) groups is 1. The molecule has 1 aliphatic rings. The number of hydrogen-bond donors (Lipinski definition) is 2. The third-order valence-corrected chi connectivity index (χ3v) is 3.65. The minimum atomic E-state index is -0.822. The molecule has 1 aliphatic carbocycles. The maximum Gasteiger partial charge on any atom is 0.310 e. The normalized spacial score (nSPS) is 27.3. The van der Waals surface area contributed by atoms with E-state index < -0.39 is 23.7 Å². The van der Waals surface area contributed by atoms with Gasteiger partial charge in [-0.2, -0.15) is 0 Å². The molecule has 1 aromatic carbocycles. The van der Waals surface area contributed by atoms with Gasteiger partial charge in [0.15, 0.2) is 0 Å². The fraction of sp³-hybridized carbons (Fsp3) is 0.533. The Labute approximate surface area is 113 Å². The number of hydrogen-bond acceptors (Lipinski definition) is 4. The zero-order chi connectivity index (χ0) is 14.0. The van der Waals surface area contributed by atoms with E-state index in [2.05, 4.69) is 0 Å². The molecule has 0 heterocycles. The second-order valence-corrected chi connectivity index (χ2v) is 5.60. The lowest BCUT2D eigenvalue weighted by molar-refractivity contribution is -0.162. The van der Waals surface area contributed by atoms with Gasteiger partial charge in [-0.1, -0.05) is 30.3 Å². The molecule has 4 nitrogen and oxygen atoms in total. The highest BCUT2D eigenvalue weighted by Gasteiger charge is 2.38. The summed E-state index contributed by atoms with van der Waals surface area (Å²) in [5.74, 6) is -0.780. The van der Waals surface area contributed by atoms with Crippen molar-refractivity contribution >= 4 is 5.97 Å². The molecule has 2 N–H and O–H groups in total. The predicted molar refractivity (Wildman–Crippen MR) is 70.3 cm³/mol. The summed E-state index contributed by atoms with van der Waals surface area (Å²) in [6.07, 6.45) is -1.11. The van der Waals surface area contributed by atoms with Crippen molar-refractivity contribution in [2.75, 3.05) is 0 Å². The summed E-state index contributed by atoms with van der Waals surface area (Å²) in [5, 5.41) is 18.9. The summed E-state index contributed by atoms with van der Waals surface area (Å²) in [4.78, 5) is 12.1. The first-order valence-corrected chi connectivity index (χ1v) is 6.54. The fourth-order valence-corrected chi connectivity index (χ4v) is 2.42. The molecular weight excluding hydrogens is 244 g/mol. The van der Waals surface area contributed by atoms with Crippen LogP contribution < -0.4 is 0 Å². The molecule has 3 atom stereocenters. The van der Waals surface area contributed by atoms with Crippen molar-refractivity contribution < 1.29 is 19.7 Å². The van der Waals surface area contributed by atoms with Gasteiger partial charge in [-0.05, 0) is 32.3 Å². The third kappa shape index (κ3) is 3.14. The SMILES string of the molecule is CC(C)(OC(=O)C1C[C@@H](O)[C@@H](O)C1)c1ccccc1. The van der Waals surface area contributed by atoms with Crippen molar-refractivity contribution in [3.63, 3.8) is 0 Å². The van der Waals surface area contributed by atoms with E-state index in [0.717, 1.165) is 5.56 Å². The molecule has 1 fully saturated rings. The zero-order valence-corrected chi connectivity index (χ0v) is 11.2. The molecule has 1 aromatic rings. The van der Waals surface area contributed by atoms with E-state index >= 15 is 0 Å². The van der Waals surface area contributed by atoms with E-state index in [1.54, 1.807) is 0 Å². The summed E-state index contributed by atoms with van der Waals surface area (Å²) in [5.41, 5.74) is 0.207. The molecule has 0 aromatic heterocycles. The van der Waals surface area contributed by atoms with Gasteiger partial charge >= 0.3 is 5.97 Å². The van der Waals surface area contributed by atoms with Gasteiger partial charge in [-0.3, -0.25) is 4.79 Å². The Morgan fingerprint density at radius 2 is 1.68 bits per heavy atom. The standard InChI is InChI=1S/C15H20O4/c1-15(2,11-6-4-3-5-7-11)19-14(18)10-8-12(16)13(17)9-10/h3-7,10,12-13,16-17H,8-9H2,1-2H3/t10?,12-,13+. The largest absolute Gasteiger partial charge is 0.455 e. The van der Waals surface area contributed by atoms with Crippen molar-refractivity contribution in [2.45, 2.75) is 44.5 Å². The van der Waals surface area contributed by atoms with Crippen LogP contribution in [0.2, 0.25) is 0 Å². The summed E-state index contributed by atoms with van der Waals surface area (Å²) in [6, 6.07) is 9.52. The van der Waals surface area contributed by atoms with Crippen molar-refractivity contribution in [1.29, 1.82) is 0 Å². The highest BCUT2D eigenvalue weighted by molar-refractivity contribution is 5.73. The smallest absolute Gasteiger partial charge is 0.310 e. The first-order valence-electron chi connectivity index (χ1n) is 6.54. The Bertz CT molecular complexity index is 431. The van der Waals surface area contributed by atoms with E-state index in [4.69, 9.17) is 4.74 Å². The Balaban J connectivity index is 2.03. The first kappa shape index (κ1) is 14.0. The molecule has 4 heteroatoms. The van der Waals surface area contributed by atoms with Gasteiger partial charge < -0.3 is 14.9 Å². The molecule has 0 bridgehead atoms. The van der Waals surface area contributed by atoms with Crippen molar-refractivity contribution in [2.24, 2.45) is 5.92 Å². The van der Waals surface area contributed by atoms with Gasteiger partial charge in [0, 0.05) is 0 Å². The van der Waals surface area contributed by atoms with E-state index in [-0.39, 0.29) is 18.8 Å². The molecule has 1 saturated carbocycles. The van der Waals surface area contributed by atoms with Crippen LogP contribution >= 0.6 is 0 Å². The number of esters is 1. The number of ether oxygens (including phenoxy) is 1. The average molecular weight is 264 g/mol. The van der Waals surface area contributed by atoms with Gasteiger partial charge in [-0.15, -0.1) is 0 Å². The number of aliphatic hydroxyl groups excluding tert-OH is 2.